The molecule has 152 valence electrons. The number of hydrogen-bond donors (Lipinski definition) is 1. The van der Waals surface area contributed by atoms with Gasteiger partial charge in [-0.15, -0.1) is 0 Å². The number of rotatable bonds is 6. The van der Waals surface area contributed by atoms with E-state index in [2.05, 4.69) is 9.71 Å². The highest BCUT2D eigenvalue weighted by Gasteiger charge is 2.22. The standard InChI is InChI=1S/C20H20F2N4O2S/c21-15-11-16(22)13-17(12-15)29(27,28)24-9-10-26-19-4-2-1-3-18(19)20(25-26)14-5-7-23-8-6-14/h5-8,11-13,24H,1-4,9-10H2. The van der Waals surface area contributed by atoms with E-state index in [0.29, 0.717) is 12.6 Å². The van der Waals surface area contributed by atoms with E-state index in [4.69, 9.17) is 5.10 Å². The zero-order valence-corrected chi connectivity index (χ0v) is 16.4. The third kappa shape index (κ3) is 4.20. The van der Waals surface area contributed by atoms with Crippen molar-refractivity contribution in [3.8, 4) is 11.3 Å². The average molecular weight is 418 g/mol. The maximum atomic E-state index is 13.3. The van der Waals surface area contributed by atoms with Crippen molar-refractivity contribution in [3.05, 3.63) is 65.6 Å². The van der Waals surface area contributed by atoms with E-state index in [-0.39, 0.29) is 6.54 Å². The summed E-state index contributed by atoms with van der Waals surface area (Å²) in [7, 11) is -4.02. The molecular formula is C20H20F2N4O2S. The second-order valence-corrected chi connectivity index (χ2v) is 8.71. The van der Waals surface area contributed by atoms with Crippen LogP contribution in [0.5, 0.6) is 0 Å². The van der Waals surface area contributed by atoms with Crippen molar-refractivity contribution in [2.45, 2.75) is 37.1 Å². The first-order chi connectivity index (χ1) is 13.9. The van der Waals surface area contributed by atoms with Gasteiger partial charge in [-0.1, -0.05) is 0 Å². The van der Waals surface area contributed by atoms with Crippen LogP contribution < -0.4 is 4.72 Å². The molecule has 9 heteroatoms. The minimum atomic E-state index is -4.02. The van der Waals surface area contributed by atoms with Crippen LogP contribution in [0.3, 0.4) is 0 Å². The van der Waals surface area contributed by atoms with Gasteiger partial charge in [-0.05, 0) is 49.9 Å². The van der Waals surface area contributed by atoms with Crippen LogP contribution in [-0.2, 0) is 29.4 Å². The molecule has 4 rings (SSSR count). The summed E-state index contributed by atoms with van der Waals surface area (Å²) in [4.78, 5) is 3.61. The van der Waals surface area contributed by atoms with E-state index in [1.165, 1.54) is 5.56 Å². The Bertz CT molecular complexity index is 1110. The average Bonchev–Trinajstić information content (AvgIpc) is 3.07. The van der Waals surface area contributed by atoms with Gasteiger partial charge in [-0.25, -0.2) is 21.9 Å². The molecule has 0 bridgehead atoms. The second kappa shape index (κ2) is 8.00. The van der Waals surface area contributed by atoms with E-state index in [0.717, 1.165) is 54.8 Å². The highest BCUT2D eigenvalue weighted by molar-refractivity contribution is 7.89. The molecular weight excluding hydrogens is 398 g/mol. The first-order valence-corrected chi connectivity index (χ1v) is 10.9. The summed E-state index contributed by atoms with van der Waals surface area (Å²) in [6.07, 6.45) is 7.40. The van der Waals surface area contributed by atoms with Crippen LogP contribution in [0.25, 0.3) is 11.3 Å². The Morgan fingerprint density at radius 2 is 1.72 bits per heavy atom. The zero-order valence-electron chi connectivity index (χ0n) is 15.6. The van der Waals surface area contributed by atoms with Crippen molar-refractivity contribution in [3.63, 3.8) is 0 Å². The van der Waals surface area contributed by atoms with Crippen LogP contribution >= 0.6 is 0 Å². The predicted molar refractivity (Wildman–Crippen MR) is 104 cm³/mol. The van der Waals surface area contributed by atoms with Gasteiger partial charge in [0.2, 0.25) is 10.0 Å². The lowest BCUT2D eigenvalue weighted by atomic mass is 9.94. The molecule has 3 aromatic rings. The first kappa shape index (κ1) is 19.7. The monoisotopic (exact) mass is 418 g/mol. The topological polar surface area (TPSA) is 76.9 Å². The van der Waals surface area contributed by atoms with Gasteiger partial charge in [-0.3, -0.25) is 9.67 Å². The van der Waals surface area contributed by atoms with Gasteiger partial charge < -0.3 is 0 Å². The quantitative estimate of drug-likeness (QED) is 0.668. The molecule has 0 fully saturated rings. The summed E-state index contributed by atoms with van der Waals surface area (Å²) in [5.41, 5.74) is 4.18. The van der Waals surface area contributed by atoms with E-state index in [1.54, 1.807) is 12.4 Å². The van der Waals surface area contributed by atoms with Crippen LogP contribution in [0, 0.1) is 11.6 Å². The number of benzene rings is 1. The van der Waals surface area contributed by atoms with E-state index < -0.39 is 26.6 Å². The van der Waals surface area contributed by atoms with Gasteiger partial charge in [0.1, 0.15) is 11.6 Å². The number of hydrogen-bond acceptors (Lipinski definition) is 4. The fraction of sp³-hybridized carbons (Fsp3) is 0.300. The third-order valence-corrected chi connectivity index (χ3v) is 6.41. The predicted octanol–water partition coefficient (Wildman–Crippen LogP) is 3.08. The minimum Gasteiger partial charge on any atom is -0.267 e. The molecule has 2 heterocycles. The number of aromatic nitrogens is 3. The first-order valence-electron chi connectivity index (χ1n) is 9.39. The SMILES string of the molecule is O=S(=O)(NCCn1nc(-c2ccncc2)c2c1CCCC2)c1cc(F)cc(F)c1. The third-order valence-electron chi connectivity index (χ3n) is 4.97. The van der Waals surface area contributed by atoms with Crippen LogP contribution in [-0.4, -0.2) is 29.7 Å². The van der Waals surface area contributed by atoms with Crippen LogP contribution in [0.4, 0.5) is 8.78 Å². The lowest BCUT2D eigenvalue weighted by Crippen LogP contribution is -2.28. The molecule has 0 saturated heterocycles. The summed E-state index contributed by atoms with van der Waals surface area (Å²) in [6.45, 7) is 0.384. The number of sulfonamides is 1. The number of nitrogens with zero attached hydrogens (tertiary/aromatic N) is 3. The van der Waals surface area contributed by atoms with Crippen molar-refractivity contribution in [1.82, 2.24) is 19.5 Å². The lowest BCUT2D eigenvalue weighted by molar-refractivity contribution is 0.535. The van der Waals surface area contributed by atoms with Crippen molar-refractivity contribution in [2.75, 3.05) is 6.54 Å². The maximum absolute atomic E-state index is 13.3. The number of fused-ring (bicyclic) bond motifs is 1. The van der Waals surface area contributed by atoms with E-state index in [1.807, 2.05) is 16.8 Å². The molecule has 1 N–H and O–H groups in total. The lowest BCUT2D eigenvalue weighted by Gasteiger charge is -2.14. The van der Waals surface area contributed by atoms with Gasteiger partial charge in [0, 0.05) is 41.8 Å². The van der Waals surface area contributed by atoms with Crippen molar-refractivity contribution >= 4 is 10.0 Å². The van der Waals surface area contributed by atoms with Crippen molar-refractivity contribution in [1.29, 1.82) is 0 Å². The van der Waals surface area contributed by atoms with Gasteiger partial charge >= 0.3 is 0 Å². The molecule has 29 heavy (non-hydrogen) atoms. The highest BCUT2D eigenvalue weighted by atomic mass is 32.2. The number of nitrogens with one attached hydrogen (secondary N) is 1. The number of halogens is 2. The van der Waals surface area contributed by atoms with E-state index >= 15 is 0 Å². The molecule has 6 nitrogen and oxygen atoms in total. The molecule has 1 aromatic carbocycles. The molecule has 1 aliphatic carbocycles. The Morgan fingerprint density at radius 3 is 2.45 bits per heavy atom. The Balaban J connectivity index is 1.54. The number of pyridine rings is 1. The molecule has 0 saturated carbocycles. The Labute approximate surface area is 167 Å². The van der Waals surface area contributed by atoms with Gasteiger partial charge in [-0.2, -0.15) is 5.10 Å². The zero-order chi connectivity index (χ0) is 20.4. The van der Waals surface area contributed by atoms with Crippen LogP contribution in [0.15, 0.2) is 47.6 Å². The molecule has 1 aliphatic rings. The summed E-state index contributed by atoms with van der Waals surface area (Å²) in [5.74, 6) is -1.87. The van der Waals surface area contributed by atoms with Crippen LogP contribution in [0.2, 0.25) is 0 Å². The Hall–Kier alpha value is -2.65. The van der Waals surface area contributed by atoms with Gasteiger partial charge in [0.15, 0.2) is 0 Å². The summed E-state index contributed by atoms with van der Waals surface area (Å²) in [5, 5.41) is 4.72. The molecule has 2 aromatic heterocycles. The fourth-order valence-corrected chi connectivity index (χ4v) is 4.71. The molecule has 0 aliphatic heterocycles. The van der Waals surface area contributed by atoms with Crippen LogP contribution in [0.1, 0.15) is 24.1 Å². The summed E-state index contributed by atoms with van der Waals surface area (Å²) < 4.78 is 55.7. The molecule has 0 radical (unpaired) electrons. The molecule has 0 atom stereocenters. The van der Waals surface area contributed by atoms with Gasteiger partial charge in [0.25, 0.3) is 0 Å². The molecule has 0 amide bonds. The second-order valence-electron chi connectivity index (χ2n) is 6.94. The Morgan fingerprint density at radius 1 is 1.03 bits per heavy atom. The maximum Gasteiger partial charge on any atom is 0.240 e. The smallest absolute Gasteiger partial charge is 0.240 e. The minimum absolute atomic E-state index is 0.0599. The summed E-state index contributed by atoms with van der Waals surface area (Å²) >= 11 is 0. The largest absolute Gasteiger partial charge is 0.267 e. The molecule has 0 unspecified atom stereocenters. The normalized spacial score (nSPS) is 14.0. The Kier molecular flexibility index (Phi) is 5.42. The van der Waals surface area contributed by atoms with Gasteiger partial charge in [0.05, 0.1) is 17.1 Å². The van der Waals surface area contributed by atoms with Crippen molar-refractivity contribution in [2.24, 2.45) is 0 Å². The molecule has 0 spiro atoms. The summed E-state index contributed by atoms with van der Waals surface area (Å²) in [6, 6.07) is 6.03. The van der Waals surface area contributed by atoms with Crippen molar-refractivity contribution < 1.29 is 17.2 Å². The highest BCUT2D eigenvalue weighted by Crippen LogP contribution is 2.30. The van der Waals surface area contributed by atoms with E-state index in [9.17, 15) is 17.2 Å². The fourth-order valence-electron chi connectivity index (χ4n) is 3.65.